The molecule has 0 bridgehead atoms. The molecule has 2 amide bonds. The molecule has 1 saturated carbocycles. The fourth-order valence-corrected chi connectivity index (χ4v) is 9.30. The summed E-state index contributed by atoms with van der Waals surface area (Å²) < 4.78 is 4.21. The smallest absolute Gasteiger partial charge is 0.323 e. The summed E-state index contributed by atoms with van der Waals surface area (Å²) in [5.41, 5.74) is 7.99. The van der Waals surface area contributed by atoms with Gasteiger partial charge in [-0.15, -0.1) is 5.10 Å². The highest BCUT2D eigenvalue weighted by atomic mass is 16.2. The number of amides is 2. The Morgan fingerprint density at radius 1 is 0.730 bits per heavy atom. The number of pyridine rings is 1. The van der Waals surface area contributed by atoms with Crippen molar-refractivity contribution in [3.8, 4) is 22.5 Å². The van der Waals surface area contributed by atoms with Crippen molar-refractivity contribution in [2.75, 3.05) is 11.4 Å². The summed E-state index contributed by atoms with van der Waals surface area (Å²) >= 11 is 0. The van der Waals surface area contributed by atoms with Crippen LogP contribution in [0.15, 0.2) is 152 Å². The zero-order valence-corrected chi connectivity index (χ0v) is 36.4. The Balaban J connectivity index is 1.07. The van der Waals surface area contributed by atoms with Gasteiger partial charge in [-0.1, -0.05) is 180 Å². The van der Waals surface area contributed by atoms with Crippen LogP contribution in [0.25, 0.3) is 33.7 Å². The van der Waals surface area contributed by atoms with Crippen LogP contribution in [0.2, 0.25) is 0 Å². The summed E-state index contributed by atoms with van der Waals surface area (Å²) in [6.45, 7) is 7.62. The van der Waals surface area contributed by atoms with Crippen molar-refractivity contribution >= 4 is 23.0 Å². The van der Waals surface area contributed by atoms with E-state index in [1.54, 1.807) is 0 Å². The van der Waals surface area contributed by atoms with Gasteiger partial charge in [0.25, 0.3) is 0 Å². The minimum absolute atomic E-state index is 0.0712. The number of tetrazole rings is 1. The Morgan fingerprint density at radius 3 is 1.94 bits per heavy atom. The number of nitrogens with zero attached hydrogens (tertiary/aromatic N) is 8. The summed E-state index contributed by atoms with van der Waals surface area (Å²) in [7, 11) is 0. The first kappa shape index (κ1) is 41.4. The lowest BCUT2D eigenvalue weighted by Gasteiger charge is -2.36. The van der Waals surface area contributed by atoms with Gasteiger partial charge in [0.05, 0.1) is 6.54 Å². The number of nitrogens with one attached hydrogen (secondary N) is 1. The third-order valence-electron chi connectivity index (χ3n) is 12.3. The summed E-state index contributed by atoms with van der Waals surface area (Å²) in [5, 5.41) is 17.3. The zero-order chi connectivity index (χ0) is 43.2. The molecular formula is C53H55N9O. The molecule has 318 valence electrons. The van der Waals surface area contributed by atoms with Gasteiger partial charge in [-0.3, -0.25) is 4.90 Å². The maximum Gasteiger partial charge on any atom is 0.323 e. The van der Waals surface area contributed by atoms with Crippen LogP contribution in [-0.4, -0.2) is 53.4 Å². The van der Waals surface area contributed by atoms with E-state index in [1.165, 1.54) is 6.42 Å². The highest BCUT2D eigenvalue weighted by molar-refractivity contribution is 5.92. The summed E-state index contributed by atoms with van der Waals surface area (Å²) in [5.74, 6) is 2.56. The predicted octanol–water partition coefficient (Wildman–Crippen LogP) is 11.1. The topological polar surface area (TPSA) is 107 Å². The van der Waals surface area contributed by atoms with Crippen molar-refractivity contribution in [3.05, 3.63) is 180 Å². The molecule has 5 aromatic carbocycles. The van der Waals surface area contributed by atoms with Crippen LogP contribution >= 0.6 is 0 Å². The van der Waals surface area contributed by atoms with Crippen LogP contribution in [0, 0.1) is 5.92 Å². The Morgan fingerprint density at radius 2 is 1.33 bits per heavy atom. The summed E-state index contributed by atoms with van der Waals surface area (Å²) in [6.07, 6.45) is 7.39. The molecule has 10 heteroatoms. The average molecular weight is 834 g/mol. The molecule has 9 rings (SSSR count). The second-order valence-corrected chi connectivity index (χ2v) is 17.1. The highest BCUT2D eigenvalue weighted by Crippen LogP contribution is 2.43. The largest absolute Gasteiger partial charge is 0.335 e. The molecule has 8 aromatic rings. The Labute approximate surface area is 370 Å². The predicted molar refractivity (Wildman–Crippen MR) is 252 cm³/mol. The molecular weight excluding hydrogens is 779 g/mol. The van der Waals surface area contributed by atoms with Crippen LogP contribution in [0.3, 0.4) is 0 Å². The second kappa shape index (κ2) is 18.6. The molecule has 0 spiro atoms. The van der Waals surface area contributed by atoms with E-state index in [0.717, 1.165) is 94.5 Å². The number of benzene rings is 5. The van der Waals surface area contributed by atoms with Crippen molar-refractivity contribution in [1.82, 2.24) is 40.1 Å². The van der Waals surface area contributed by atoms with Gasteiger partial charge in [-0.2, -0.15) is 0 Å². The van der Waals surface area contributed by atoms with E-state index in [2.05, 4.69) is 151 Å². The van der Waals surface area contributed by atoms with Crippen LogP contribution in [-0.2, 0) is 18.5 Å². The van der Waals surface area contributed by atoms with Crippen molar-refractivity contribution < 1.29 is 4.79 Å². The van der Waals surface area contributed by atoms with E-state index in [9.17, 15) is 4.79 Å². The molecule has 0 unspecified atom stereocenters. The number of urea groups is 1. The minimum atomic E-state index is -0.873. The van der Waals surface area contributed by atoms with E-state index in [0.29, 0.717) is 24.7 Å². The first-order valence-corrected chi connectivity index (χ1v) is 22.5. The molecule has 0 saturated heterocycles. The molecule has 0 radical (unpaired) electrons. The van der Waals surface area contributed by atoms with E-state index < -0.39 is 5.54 Å². The molecule has 3 heterocycles. The molecule has 0 atom stereocenters. The van der Waals surface area contributed by atoms with Crippen LogP contribution < -0.4 is 10.2 Å². The number of rotatable bonds is 14. The third-order valence-corrected chi connectivity index (χ3v) is 12.3. The van der Waals surface area contributed by atoms with Gasteiger partial charge in [0.2, 0.25) is 0 Å². The summed E-state index contributed by atoms with van der Waals surface area (Å²) in [6, 6.07) is 52.6. The monoisotopic (exact) mass is 833 g/mol. The van der Waals surface area contributed by atoms with Crippen molar-refractivity contribution in [1.29, 1.82) is 0 Å². The number of aryl methyl sites for hydroxylation is 1. The Hall–Kier alpha value is -6.94. The second-order valence-electron chi connectivity index (χ2n) is 17.1. The van der Waals surface area contributed by atoms with Crippen molar-refractivity contribution in [2.24, 2.45) is 5.92 Å². The van der Waals surface area contributed by atoms with Gasteiger partial charge in [-0.05, 0) is 81.1 Å². The molecule has 1 aliphatic rings. The molecule has 10 nitrogen and oxygen atoms in total. The van der Waals surface area contributed by atoms with E-state index in [1.807, 2.05) is 46.0 Å². The quantitative estimate of drug-likeness (QED) is 0.109. The maximum absolute atomic E-state index is 13.8. The Bertz CT molecular complexity index is 2660. The molecule has 3 aromatic heterocycles. The van der Waals surface area contributed by atoms with Gasteiger partial charge in [0.1, 0.15) is 22.7 Å². The van der Waals surface area contributed by atoms with Crippen LogP contribution in [0.1, 0.15) is 87.4 Å². The van der Waals surface area contributed by atoms with E-state index in [4.69, 9.17) is 20.3 Å². The van der Waals surface area contributed by atoms with Gasteiger partial charge < -0.3 is 9.88 Å². The molecule has 1 fully saturated rings. The maximum atomic E-state index is 13.8. The number of hydrogen-bond donors (Lipinski definition) is 1. The van der Waals surface area contributed by atoms with Crippen molar-refractivity contribution in [3.63, 3.8) is 0 Å². The number of hydrogen-bond acceptors (Lipinski definition) is 6. The molecule has 63 heavy (non-hydrogen) atoms. The fraction of sp³-hybridized carbons (Fsp3) is 0.283. The lowest BCUT2D eigenvalue weighted by atomic mass is 9.77. The lowest BCUT2D eigenvalue weighted by molar-refractivity contribution is 0.237. The number of fused-ring (bicyclic) bond motifs is 1. The molecule has 0 aliphatic heterocycles. The zero-order valence-electron chi connectivity index (χ0n) is 36.4. The SMILES string of the molecule is CCCc1nc2ccc(N(CC(C)C)C(=O)NC3CCCCC3)nc2n1Cc1ccc(-c2ccccc2-c2nnnn2C(c2ccccc2)(c2ccccc2)c2ccccc2)cc1. The van der Waals surface area contributed by atoms with E-state index in [-0.39, 0.29) is 18.0 Å². The van der Waals surface area contributed by atoms with Crippen LogP contribution in [0.4, 0.5) is 10.6 Å². The Kier molecular flexibility index (Phi) is 12.2. The van der Waals surface area contributed by atoms with Gasteiger partial charge in [0, 0.05) is 24.6 Å². The van der Waals surface area contributed by atoms with Gasteiger partial charge in [-0.25, -0.2) is 19.4 Å². The molecule has 1 N–H and O–H groups in total. The standard InChI is InChI=1S/C53H55N9O/c1-4-19-48-55-47-34-35-49(61(36-38(2)3)52(63)54-44-26-15-8-16-27-44)56-51(47)60(48)37-39-30-32-40(33-31-39)45-28-17-18-29-46(45)50-57-58-59-62(50)53(41-20-9-5-10-21-41,42-22-11-6-12-23-42)43-24-13-7-14-25-43/h5-7,9-14,17-18,20-25,28-35,38,44H,4,8,15-16,19,26-27,36-37H2,1-3H3,(H,54,63). The number of aromatic nitrogens is 7. The first-order chi connectivity index (χ1) is 30.9. The minimum Gasteiger partial charge on any atom is -0.335 e. The lowest BCUT2D eigenvalue weighted by Crippen LogP contribution is -2.47. The van der Waals surface area contributed by atoms with Crippen LogP contribution in [0.5, 0.6) is 0 Å². The normalized spacial score (nSPS) is 13.4. The third kappa shape index (κ3) is 8.37. The van der Waals surface area contributed by atoms with Crippen molar-refractivity contribution in [2.45, 2.75) is 83.8 Å². The summed E-state index contributed by atoms with van der Waals surface area (Å²) in [4.78, 5) is 25.9. The number of carbonyl (C=O) groups is 1. The van der Waals surface area contributed by atoms with Gasteiger partial charge in [0.15, 0.2) is 11.5 Å². The number of carbonyl (C=O) groups excluding carboxylic acids is 1. The first-order valence-electron chi connectivity index (χ1n) is 22.5. The average Bonchev–Trinajstić information content (AvgIpc) is 3.95. The van der Waals surface area contributed by atoms with Gasteiger partial charge >= 0.3 is 6.03 Å². The van der Waals surface area contributed by atoms with E-state index >= 15 is 0 Å². The molecule has 1 aliphatic carbocycles. The fourth-order valence-electron chi connectivity index (χ4n) is 9.30. The number of imidazole rings is 1. The number of anilines is 1. The highest BCUT2D eigenvalue weighted by Gasteiger charge is 2.42.